The third-order valence-electron chi connectivity index (χ3n) is 5.34. The number of ether oxygens (including phenoxy) is 1. The van der Waals surface area contributed by atoms with Crippen molar-refractivity contribution >= 4 is 23.4 Å². The zero-order chi connectivity index (χ0) is 20.3. The number of carbonyl (C=O) groups excluding carboxylic acids is 3. The number of piperazine rings is 2. The third-order valence-corrected chi connectivity index (χ3v) is 5.34. The Kier molecular flexibility index (Phi) is 6.18. The lowest BCUT2D eigenvalue weighted by molar-refractivity contribution is -0.142. The summed E-state index contributed by atoms with van der Waals surface area (Å²) in [4.78, 5) is 43.0. The van der Waals surface area contributed by atoms with Crippen LogP contribution >= 0.6 is 0 Å². The van der Waals surface area contributed by atoms with E-state index in [1.54, 1.807) is 16.9 Å². The number of nitrogens with one attached hydrogen (secondary N) is 1. The van der Waals surface area contributed by atoms with Crippen molar-refractivity contribution in [1.29, 1.82) is 0 Å². The maximum Gasteiger partial charge on any atom is 0.246 e. The molecule has 0 aliphatic carbocycles. The van der Waals surface area contributed by atoms with Crippen LogP contribution in [0.5, 0.6) is 5.75 Å². The minimum atomic E-state index is -0.479. The number of amides is 3. The molecule has 0 radical (unpaired) electrons. The summed E-state index contributed by atoms with van der Waals surface area (Å²) in [7, 11) is 1.58. The van der Waals surface area contributed by atoms with Crippen LogP contribution in [-0.4, -0.2) is 79.4 Å². The summed E-state index contributed by atoms with van der Waals surface area (Å²) in [5.41, 5.74) is 0.758. The topological polar surface area (TPSA) is 82.2 Å². The Morgan fingerprint density at radius 3 is 2.71 bits per heavy atom. The van der Waals surface area contributed by atoms with Crippen molar-refractivity contribution < 1.29 is 19.1 Å². The SMILES string of the molecule is COc1cccc(N2CCN(C(=O)CC3C(=O)NCCN3C(C)C)CC2=O)c1. The first-order valence-corrected chi connectivity index (χ1v) is 9.66. The maximum atomic E-state index is 12.8. The van der Waals surface area contributed by atoms with Crippen LogP contribution < -0.4 is 15.0 Å². The van der Waals surface area contributed by atoms with E-state index in [2.05, 4.69) is 5.32 Å². The van der Waals surface area contributed by atoms with Crippen LogP contribution in [0, 0.1) is 0 Å². The summed E-state index contributed by atoms with van der Waals surface area (Å²) in [5.74, 6) is 0.267. The van der Waals surface area contributed by atoms with Gasteiger partial charge < -0.3 is 19.9 Å². The van der Waals surface area contributed by atoms with Gasteiger partial charge in [-0.1, -0.05) is 6.07 Å². The van der Waals surface area contributed by atoms with Gasteiger partial charge in [0.15, 0.2) is 0 Å². The van der Waals surface area contributed by atoms with E-state index in [0.29, 0.717) is 25.4 Å². The smallest absolute Gasteiger partial charge is 0.246 e. The highest BCUT2D eigenvalue weighted by atomic mass is 16.5. The second kappa shape index (κ2) is 8.60. The highest BCUT2D eigenvalue weighted by Crippen LogP contribution is 2.23. The number of hydrogen-bond donors (Lipinski definition) is 1. The molecule has 3 rings (SSSR count). The van der Waals surface area contributed by atoms with Crippen LogP contribution in [0.15, 0.2) is 24.3 Å². The summed E-state index contributed by atoms with van der Waals surface area (Å²) in [6, 6.07) is 7.01. The average Bonchev–Trinajstić information content (AvgIpc) is 2.69. The van der Waals surface area contributed by atoms with Gasteiger partial charge in [-0.05, 0) is 26.0 Å². The van der Waals surface area contributed by atoms with E-state index in [4.69, 9.17) is 4.74 Å². The fraction of sp³-hybridized carbons (Fsp3) is 0.550. The molecule has 8 nitrogen and oxygen atoms in total. The molecule has 3 amide bonds. The van der Waals surface area contributed by atoms with Gasteiger partial charge in [-0.3, -0.25) is 19.3 Å². The molecule has 1 aromatic rings. The number of anilines is 1. The van der Waals surface area contributed by atoms with Gasteiger partial charge in [-0.15, -0.1) is 0 Å². The van der Waals surface area contributed by atoms with Crippen molar-refractivity contribution in [3.05, 3.63) is 24.3 Å². The van der Waals surface area contributed by atoms with Gasteiger partial charge in [0.2, 0.25) is 17.7 Å². The maximum absolute atomic E-state index is 12.8. The van der Waals surface area contributed by atoms with E-state index < -0.39 is 6.04 Å². The molecule has 2 aliphatic heterocycles. The zero-order valence-electron chi connectivity index (χ0n) is 16.7. The van der Waals surface area contributed by atoms with Gasteiger partial charge in [0, 0.05) is 44.0 Å². The lowest BCUT2D eigenvalue weighted by atomic mass is 10.1. The van der Waals surface area contributed by atoms with Crippen molar-refractivity contribution in [2.75, 3.05) is 44.7 Å². The molecule has 1 aromatic carbocycles. The van der Waals surface area contributed by atoms with E-state index in [1.165, 1.54) is 0 Å². The van der Waals surface area contributed by atoms with Crippen molar-refractivity contribution in [3.8, 4) is 5.75 Å². The minimum absolute atomic E-state index is 0.0199. The fourth-order valence-corrected chi connectivity index (χ4v) is 3.79. The second-order valence-electron chi connectivity index (χ2n) is 7.40. The van der Waals surface area contributed by atoms with Gasteiger partial charge >= 0.3 is 0 Å². The second-order valence-corrected chi connectivity index (χ2v) is 7.40. The Hall–Kier alpha value is -2.61. The number of benzene rings is 1. The first-order chi connectivity index (χ1) is 13.4. The molecule has 2 saturated heterocycles. The normalized spacial score (nSPS) is 21.1. The number of methoxy groups -OCH3 is 1. The van der Waals surface area contributed by atoms with E-state index in [9.17, 15) is 14.4 Å². The number of carbonyl (C=O) groups is 3. The van der Waals surface area contributed by atoms with Gasteiger partial charge in [0.05, 0.1) is 19.6 Å². The lowest BCUT2D eigenvalue weighted by Gasteiger charge is -2.39. The van der Waals surface area contributed by atoms with Crippen LogP contribution in [-0.2, 0) is 14.4 Å². The summed E-state index contributed by atoms with van der Waals surface area (Å²) < 4.78 is 5.22. The summed E-state index contributed by atoms with van der Waals surface area (Å²) in [6.07, 6.45) is 0.0937. The largest absolute Gasteiger partial charge is 0.497 e. The quantitative estimate of drug-likeness (QED) is 0.793. The van der Waals surface area contributed by atoms with E-state index in [-0.39, 0.29) is 36.7 Å². The fourth-order valence-electron chi connectivity index (χ4n) is 3.79. The van der Waals surface area contributed by atoms with Crippen molar-refractivity contribution in [3.63, 3.8) is 0 Å². The summed E-state index contributed by atoms with van der Waals surface area (Å²) in [5, 5.41) is 2.84. The van der Waals surface area contributed by atoms with Gasteiger partial charge in [0.25, 0.3) is 0 Å². The van der Waals surface area contributed by atoms with E-state index >= 15 is 0 Å². The Balaban J connectivity index is 1.63. The van der Waals surface area contributed by atoms with Crippen LogP contribution in [0.3, 0.4) is 0 Å². The average molecular weight is 388 g/mol. The molecule has 0 spiro atoms. The molecule has 0 bridgehead atoms. The third kappa shape index (κ3) is 4.27. The summed E-state index contributed by atoms with van der Waals surface area (Å²) in [6.45, 7) is 6.24. The molecular formula is C20H28N4O4. The zero-order valence-corrected chi connectivity index (χ0v) is 16.7. The molecule has 2 aliphatic rings. The summed E-state index contributed by atoms with van der Waals surface area (Å²) >= 11 is 0. The molecule has 0 saturated carbocycles. The minimum Gasteiger partial charge on any atom is -0.497 e. The highest BCUT2D eigenvalue weighted by Gasteiger charge is 2.36. The molecule has 1 N–H and O–H groups in total. The molecular weight excluding hydrogens is 360 g/mol. The van der Waals surface area contributed by atoms with E-state index in [1.807, 2.05) is 43.0 Å². The number of nitrogens with zero attached hydrogens (tertiary/aromatic N) is 3. The van der Waals surface area contributed by atoms with Crippen LogP contribution in [0.2, 0.25) is 0 Å². The van der Waals surface area contributed by atoms with E-state index in [0.717, 1.165) is 12.2 Å². The van der Waals surface area contributed by atoms with Crippen LogP contribution in [0.1, 0.15) is 20.3 Å². The molecule has 2 fully saturated rings. The standard InChI is InChI=1S/C20H28N4O4/c1-14(2)23-8-7-21-20(27)17(23)12-18(25)22-9-10-24(19(26)13-22)15-5-4-6-16(11-15)28-3/h4-6,11,14,17H,7-10,12-13H2,1-3H3,(H,21,27). The molecule has 0 aromatic heterocycles. The van der Waals surface area contributed by atoms with Crippen LogP contribution in [0.4, 0.5) is 5.69 Å². The van der Waals surface area contributed by atoms with Gasteiger partial charge in [0.1, 0.15) is 12.3 Å². The van der Waals surface area contributed by atoms with Crippen molar-refractivity contribution in [1.82, 2.24) is 15.1 Å². The highest BCUT2D eigenvalue weighted by molar-refractivity contribution is 5.98. The predicted molar refractivity (Wildman–Crippen MR) is 105 cm³/mol. The van der Waals surface area contributed by atoms with Gasteiger partial charge in [-0.25, -0.2) is 0 Å². The predicted octanol–water partition coefficient (Wildman–Crippen LogP) is 0.469. The lowest BCUT2D eigenvalue weighted by Crippen LogP contribution is -2.59. The molecule has 2 heterocycles. The number of rotatable bonds is 5. The Bertz CT molecular complexity index is 751. The molecule has 152 valence electrons. The molecule has 28 heavy (non-hydrogen) atoms. The van der Waals surface area contributed by atoms with Crippen molar-refractivity contribution in [2.45, 2.75) is 32.4 Å². The Labute approximate surface area is 165 Å². The Morgan fingerprint density at radius 2 is 2.04 bits per heavy atom. The van der Waals surface area contributed by atoms with Crippen LogP contribution in [0.25, 0.3) is 0 Å². The number of hydrogen-bond acceptors (Lipinski definition) is 5. The van der Waals surface area contributed by atoms with Crippen molar-refractivity contribution in [2.24, 2.45) is 0 Å². The molecule has 1 unspecified atom stereocenters. The first kappa shape index (κ1) is 20.1. The molecule has 1 atom stereocenters. The first-order valence-electron chi connectivity index (χ1n) is 9.66. The monoisotopic (exact) mass is 388 g/mol. The Morgan fingerprint density at radius 1 is 1.25 bits per heavy atom. The van der Waals surface area contributed by atoms with Gasteiger partial charge in [-0.2, -0.15) is 0 Å². The molecule has 8 heteroatoms.